The van der Waals surface area contributed by atoms with Gasteiger partial charge in [-0.15, -0.1) is 11.3 Å². The molecule has 0 radical (unpaired) electrons. The monoisotopic (exact) mass is 315 g/mol. The number of thiophene rings is 1. The number of hydrogen-bond donors (Lipinski definition) is 1. The van der Waals surface area contributed by atoms with Crippen LogP contribution >= 0.6 is 22.9 Å². The summed E-state index contributed by atoms with van der Waals surface area (Å²) >= 11 is 7.59. The number of likely N-dealkylation sites (tertiary alicyclic amines) is 1. The van der Waals surface area contributed by atoms with Crippen molar-refractivity contribution in [1.82, 2.24) is 4.90 Å². The summed E-state index contributed by atoms with van der Waals surface area (Å²) in [6, 6.07) is 4.20. The Morgan fingerprint density at radius 3 is 2.90 bits per heavy atom. The molecule has 0 bridgehead atoms. The lowest BCUT2D eigenvalue weighted by Crippen LogP contribution is -2.48. The summed E-state index contributed by atoms with van der Waals surface area (Å²) in [5.41, 5.74) is -0.567. The van der Waals surface area contributed by atoms with Gasteiger partial charge in [0.15, 0.2) is 0 Å². The first-order valence-electron chi connectivity index (χ1n) is 7.21. The molecule has 2 heterocycles. The van der Waals surface area contributed by atoms with Crippen LogP contribution in [0.25, 0.3) is 0 Å². The largest absolute Gasteiger partial charge is 0.481 e. The topological polar surface area (TPSA) is 40.5 Å². The average molecular weight is 316 g/mol. The summed E-state index contributed by atoms with van der Waals surface area (Å²) in [5, 5.41) is 9.65. The highest BCUT2D eigenvalue weighted by Crippen LogP contribution is 2.39. The Bertz CT molecular complexity index is 472. The van der Waals surface area contributed by atoms with Gasteiger partial charge < -0.3 is 5.11 Å². The van der Waals surface area contributed by atoms with Crippen LogP contribution in [0.2, 0.25) is 4.34 Å². The molecule has 1 aromatic rings. The number of carboxylic acids is 1. The second-order valence-electron chi connectivity index (χ2n) is 5.73. The minimum absolute atomic E-state index is 0.239. The van der Waals surface area contributed by atoms with E-state index < -0.39 is 11.4 Å². The van der Waals surface area contributed by atoms with Crippen LogP contribution in [0.3, 0.4) is 0 Å². The van der Waals surface area contributed by atoms with Crippen LogP contribution in [0, 0.1) is 5.41 Å². The van der Waals surface area contributed by atoms with Gasteiger partial charge in [-0.05, 0) is 44.9 Å². The molecule has 20 heavy (non-hydrogen) atoms. The zero-order valence-electron chi connectivity index (χ0n) is 12.1. The van der Waals surface area contributed by atoms with Gasteiger partial charge in [-0.2, -0.15) is 0 Å². The SMILES string of the molecule is CCCC1(C(=O)O)CCCN(C(C)c2ccc(Cl)s2)C1. The van der Waals surface area contributed by atoms with E-state index in [-0.39, 0.29) is 6.04 Å². The van der Waals surface area contributed by atoms with Crippen LogP contribution in [0.1, 0.15) is 50.4 Å². The first kappa shape index (κ1) is 15.8. The molecular weight excluding hydrogens is 294 g/mol. The van der Waals surface area contributed by atoms with Gasteiger partial charge in [-0.25, -0.2) is 0 Å². The first-order valence-corrected chi connectivity index (χ1v) is 8.40. The van der Waals surface area contributed by atoms with Gasteiger partial charge in [-0.1, -0.05) is 24.9 Å². The van der Waals surface area contributed by atoms with Crippen LogP contribution in [0.15, 0.2) is 12.1 Å². The van der Waals surface area contributed by atoms with Gasteiger partial charge in [0.1, 0.15) is 0 Å². The molecule has 0 aromatic carbocycles. The fourth-order valence-corrected chi connectivity index (χ4v) is 4.34. The maximum Gasteiger partial charge on any atom is 0.310 e. The Morgan fingerprint density at radius 1 is 1.60 bits per heavy atom. The maximum atomic E-state index is 11.7. The van der Waals surface area contributed by atoms with E-state index in [2.05, 4.69) is 24.8 Å². The lowest BCUT2D eigenvalue weighted by molar-refractivity contribution is -0.153. The standard InChI is InChI=1S/C15H22ClNO2S/c1-3-7-15(14(18)19)8-4-9-17(10-15)11(2)12-5-6-13(16)20-12/h5-6,11H,3-4,7-10H2,1-2H3,(H,18,19). The van der Waals surface area contributed by atoms with E-state index in [9.17, 15) is 9.90 Å². The van der Waals surface area contributed by atoms with Gasteiger partial charge in [-0.3, -0.25) is 9.69 Å². The van der Waals surface area contributed by atoms with E-state index in [1.807, 2.05) is 6.07 Å². The van der Waals surface area contributed by atoms with E-state index >= 15 is 0 Å². The van der Waals surface area contributed by atoms with Gasteiger partial charge >= 0.3 is 5.97 Å². The Labute approximate surface area is 129 Å². The van der Waals surface area contributed by atoms with Crippen molar-refractivity contribution in [3.63, 3.8) is 0 Å². The molecule has 1 saturated heterocycles. The number of halogens is 1. The lowest BCUT2D eigenvalue weighted by atomic mass is 9.76. The molecule has 3 nitrogen and oxygen atoms in total. The second-order valence-corrected chi connectivity index (χ2v) is 7.47. The molecule has 1 aromatic heterocycles. The van der Waals surface area contributed by atoms with Gasteiger partial charge in [0.2, 0.25) is 0 Å². The number of rotatable bonds is 5. The fraction of sp³-hybridized carbons (Fsp3) is 0.667. The van der Waals surface area contributed by atoms with E-state index in [0.717, 1.165) is 36.6 Å². The van der Waals surface area contributed by atoms with Crippen LogP contribution in [-0.2, 0) is 4.79 Å². The van der Waals surface area contributed by atoms with Gasteiger partial charge in [0, 0.05) is 17.5 Å². The number of carboxylic acid groups (broad SMARTS) is 1. The van der Waals surface area contributed by atoms with Crippen LogP contribution in [0.4, 0.5) is 0 Å². The second kappa shape index (κ2) is 6.46. The molecule has 0 aliphatic carbocycles. The Balaban J connectivity index is 2.15. The summed E-state index contributed by atoms with van der Waals surface area (Å²) in [6.07, 6.45) is 3.43. The van der Waals surface area contributed by atoms with Gasteiger partial charge in [0.25, 0.3) is 0 Å². The minimum Gasteiger partial charge on any atom is -0.481 e. The van der Waals surface area contributed by atoms with Crippen LogP contribution in [-0.4, -0.2) is 29.1 Å². The minimum atomic E-state index is -0.638. The van der Waals surface area contributed by atoms with Crippen molar-refractivity contribution in [2.24, 2.45) is 5.41 Å². The molecule has 1 aliphatic rings. The number of nitrogens with zero attached hydrogens (tertiary/aromatic N) is 1. The van der Waals surface area contributed by atoms with Crippen molar-refractivity contribution < 1.29 is 9.90 Å². The molecule has 5 heteroatoms. The Hall–Kier alpha value is -0.580. The summed E-state index contributed by atoms with van der Waals surface area (Å²) in [4.78, 5) is 15.2. The van der Waals surface area contributed by atoms with Gasteiger partial charge in [0.05, 0.1) is 9.75 Å². The predicted molar refractivity (Wildman–Crippen MR) is 83.5 cm³/mol. The van der Waals surface area contributed by atoms with Crippen molar-refractivity contribution in [1.29, 1.82) is 0 Å². The molecule has 0 saturated carbocycles. The fourth-order valence-electron chi connectivity index (χ4n) is 3.19. The van der Waals surface area contributed by atoms with Crippen LogP contribution in [0.5, 0.6) is 0 Å². The molecular formula is C15H22ClNO2S. The third kappa shape index (κ3) is 3.18. The van der Waals surface area contributed by atoms with Crippen molar-refractivity contribution in [3.05, 3.63) is 21.3 Å². The maximum absolute atomic E-state index is 11.7. The summed E-state index contributed by atoms with van der Waals surface area (Å²) < 4.78 is 0.793. The van der Waals surface area contributed by atoms with Crippen molar-refractivity contribution in [2.75, 3.05) is 13.1 Å². The molecule has 1 aliphatic heterocycles. The third-order valence-electron chi connectivity index (χ3n) is 4.34. The molecule has 1 fully saturated rings. The van der Waals surface area contributed by atoms with E-state index in [4.69, 9.17) is 11.6 Å². The molecule has 0 spiro atoms. The zero-order valence-corrected chi connectivity index (χ0v) is 13.6. The average Bonchev–Trinajstić information content (AvgIpc) is 2.85. The third-order valence-corrected chi connectivity index (χ3v) is 5.74. The number of hydrogen-bond acceptors (Lipinski definition) is 3. The van der Waals surface area contributed by atoms with E-state index in [0.29, 0.717) is 6.54 Å². The number of piperidine rings is 1. The molecule has 2 rings (SSSR count). The predicted octanol–water partition coefficient (Wildman–Crippen LogP) is 4.43. The smallest absolute Gasteiger partial charge is 0.310 e. The molecule has 0 amide bonds. The lowest BCUT2D eigenvalue weighted by Gasteiger charge is -2.42. The molecule has 2 unspecified atom stereocenters. The van der Waals surface area contributed by atoms with E-state index in [1.54, 1.807) is 11.3 Å². The summed E-state index contributed by atoms with van der Waals surface area (Å²) in [5.74, 6) is -0.638. The van der Waals surface area contributed by atoms with E-state index in [1.165, 1.54) is 4.88 Å². The molecule has 112 valence electrons. The highest BCUT2D eigenvalue weighted by atomic mass is 35.5. The Kier molecular flexibility index (Phi) is 5.10. The molecule has 2 atom stereocenters. The highest BCUT2D eigenvalue weighted by molar-refractivity contribution is 7.16. The normalized spacial score (nSPS) is 25.6. The molecule has 1 N–H and O–H groups in total. The van der Waals surface area contributed by atoms with Crippen LogP contribution < -0.4 is 0 Å². The first-order chi connectivity index (χ1) is 9.48. The number of carbonyl (C=O) groups is 1. The number of aliphatic carboxylic acids is 1. The highest BCUT2D eigenvalue weighted by Gasteiger charge is 2.42. The quantitative estimate of drug-likeness (QED) is 0.874. The summed E-state index contributed by atoms with van der Waals surface area (Å²) in [7, 11) is 0. The van der Waals surface area contributed by atoms with Crippen molar-refractivity contribution >= 4 is 28.9 Å². The Morgan fingerprint density at radius 2 is 2.35 bits per heavy atom. The van der Waals surface area contributed by atoms with Crippen molar-refractivity contribution in [3.8, 4) is 0 Å². The summed E-state index contributed by atoms with van der Waals surface area (Å²) in [6.45, 7) is 5.82. The zero-order chi connectivity index (χ0) is 14.8. The van der Waals surface area contributed by atoms with Crippen molar-refractivity contribution in [2.45, 2.75) is 45.6 Å².